The molecule has 4 aromatic rings. The van der Waals surface area contributed by atoms with Crippen LogP contribution in [0.2, 0.25) is 0 Å². The fraction of sp³-hybridized carbons (Fsp3) is 0.286. The van der Waals surface area contributed by atoms with Crippen LogP contribution >= 0.6 is 0 Å². The number of hydrogen-bond acceptors (Lipinski definition) is 6. The summed E-state index contributed by atoms with van der Waals surface area (Å²) in [4.78, 5) is 18.2. The molecule has 0 radical (unpaired) electrons. The Morgan fingerprint density at radius 1 is 0.529 bits per heavy atom. The molecule has 2 aromatic heterocycles. The first kappa shape index (κ1) is 23.4. The molecule has 0 saturated heterocycles. The smallest absolute Gasteiger partial charge is 0.217 e. The van der Waals surface area contributed by atoms with Gasteiger partial charge in [0.25, 0.3) is 0 Å². The Kier molecular flexibility index (Phi) is 8.17. The highest BCUT2D eigenvalue weighted by molar-refractivity contribution is 5.56. The Bertz CT molecular complexity index is 1090. The fourth-order valence-electron chi connectivity index (χ4n) is 3.57. The van der Waals surface area contributed by atoms with Crippen LogP contribution in [0.4, 0.5) is 0 Å². The number of ether oxygens (including phenoxy) is 2. The van der Waals surface area contributed by atoms with Crippen molar-refractivity contribution in [3.63, 3.8) is 0 Å². The molecule has 4 rings (SSSR count). The highest BCUT2D eigenvalue weighted by Gasteiger charge is 2.07. The summed E-state index contributed by atoms with van der Waals surface area (Å²) in [6.45, 7) is 5.19. The molecule has 0 fully saturated rings. The SMILES string of the molecule is Cc1cc(OCCCCCCOc2cc(C)nc(-c3ccccc3)n2)nc(-c2ccccc2)n1. The molecule has 0 unspecified atom stereocenters. The molecule has 0 amide bonds. The molecule has 0 atom stereocenters. The van der Waals surface area contributed by atoms with Crippen molar-refractivity contribution < 1.29 is 9.47 Å². The van der Waals surface area contributed by atoms with Crippen molar-refractivity contribution in [2.24, 2.45) is 0 Å². The normalized spacial score (nSPS) is 10.8. The van der Waals surface area contributed by atoms with Crippen molar-refractivity contribution in [1.82, 2.24) is 19.9 Å². The predicted molar refractivity (Wildman–Crippen MR) is 134 cm³/mol. The maximum absolute atomic E-state index is 5.89. The van der Waals surface area contributed by atoms with Gasteiger partial charge in [-0.1, -0.05) is 60.7 Å². The Balaban J connectivity index is 1.17. The molecule has 6 heteroatoms. The van der Waals surface area contributed by atoms with Crippen molar-refractivity contribution in [1.29, 1.82) is 0 Å². The third-order valence-corrected chi connectivity index (χ3v) is 5.26. The van der Waals surface area contributed by atoms with Gasteiger partial charge in [-0.2, -0.15) is 9.97 Å². The first-order chi connectivity index (χ1) is 16.7. The van der Waals surface area contributed by atoms with Crippen LogP contribution in [0.25, 0.3) is 22.8 Å². The Morgan fingerprint density at radius 3 is 1.35 bits per heavy atom. The summed E-state index contributed by atoms with van der Waals surface area (Å²) in [6, 6.07) is 23.7. The lowest BCUT2D eigenvalue weighted by Crippen LogP contribution is -2.03. The standard InChI is InChI=1S/C28H30N4O2/c1-21-19-25(31-27(29-21)23-13-7-5-8-14-23)33-17-11-3-4-12-18-34-26-20-22(2)30-28(32-26)24-15-9-6-10-16-24/h5-10,13-16,19-20H,3-4,11-12,17-18H2,1-2H3. The van der Waals surface area contributed by atoms with Crippen LogP contribution in [0.15, 0.2) is 72.8 Å². The van der Waals surface area contributed by atoms with E-state index in [9.17, 15) is 0 Å². The molecule has 0 saturated carbocycles. The summed E-state index contributed by atoms with van der Waals surface area (Å²) < 4.78 is 11.8. The fourth-order valence-corrected chi connectivity index (χ4v) is 3.57. The van der Waals surface area contributed by atoms with E-state index in [1.165, 1.54) is 0 Å². The van der Waals surface area contributed by atoms with Gasteiger partial charge in [-0.05, 0) is 39.5 Å². The van der Waals surface area contributed by atoms with E-state index in [2.05, 4.69) is 19.9 Å². The van der Waals surface area contributed by atoms with Gasteiger partial charge in [0.05, 0.1) is 13.2 Å². The van der Waals surface area contributed by atoms with Gasteiger partial charge >= 0.3 is 0 Å². The third-order valence-electron chi connectivity index (χ3n) is 5.26. The molecule has 2 aromatic carbocycles. The van der Waals surface area contributed by atoms with E-state index >= 15 is 0 Å². The number of unbranched alkanes of at least 4 members (excludes halogenated alkanes) is 3. The average Bonchev–Trinajstić information content (AvgIpc) is 2.86. The Hall–Kier alpha value is -3.80. The molecule has 0 bridgehead atoms. The zero-order valence-electron chi connectivity index (χ0n) is 19.8. The quantitative estimate of drug-likeness (QED) is 0.250. The Labute approximate surface area is 201 Å². The van der Waals surface area contributed by atoms with E-state index in [-0.39, 0.29) is 0 Å². The lowest BCUT2D eigenvalue weighted by molar-refractivity contribution is 0.277. The number of hydrogen-bond donors (Lipinski definition) is 0. The average molecular weight is 455 g/mol. The highest BCUT2D eigenvalue weighted by atomic mass is 16.5. The van der Waals surface area contributed by atoms with Crippen LogP contribution in [-0.2, 0) is 0 Å². The maximum atomic E-state index is 5.89. The summed E-state index contributed by atoms with van der Waals surface area (Å²) in [6.07, 6.45) is 4.07. The second-order valence-electron chi connectivity index (χ2n) is 8.19. The number of rotatable bonds is 11. The lowest BCUT2D eigenvalue weighted by atomic mass is 10.2. The number of aromatic nitrogens is 4. The van der Waals surface area contributed by atoms with Crippen LogP contribution in [0.3, 0.4) is 0 Å². The molecular weight excluding hydrogens is 424 g/mol. The maximum Gasteiger partial charge on any atom is 0.217 e. The highest BCUT2D eigenvalue weighted by Crippen LogP contribution is 2.20. The molecule has 0 N–H and O–H groups in total. The minimum Gasteiger partial charge on any atom is -0.478 e. The first-order valence-electron chi connectivity index (χ1n) is 11.8. The van der Waals surface area contributed by atoms with Gasteiger partial charge in [0.1, 0.15) is 0 Å². The summed E-state index contributed by atoms with van der Waals surface area (Å²) in [7, 11) is 0. The van der Waals surface area contributed by atoms with Crippen molar-refractivity contribution in [3.8, 4) is 34.5 Å². The van der Waals surface area contributed by atoms with E-state index in [1.807, 2.05) is 86.6 Å². The summed E-state index contributed by atoms with van der Waals surface area (Å²) in [5, 5.41) is 0. The molecule has 0 aliphatic rings. The topological polar surface area (TPSA) is 70.0 Å². The zero-order valence-corrected chi connectivity index (χ0v) is 19.8. The number of aryl methyl sites for hydroxylation is 2. The van der Waals surface area contributed by atoms with Gasteiger partial charge in [0.15, 0.2) is 11.6 Å². The van der Waals surface area contributed by atoms with E-state index in [0.717, 1.165) is 48.2 Å². The van der Waals surface area contributed by atoms with Crippen molar-refractivity contribution >= 4 is 0 Å². The largest absolute Gasteiger partial charge is 0.478 e. The molecule has 6 nitrogen and oxygen atoms in total. The lowest BCUT2D eigenvalue weighted by Gasteiger charge is -2.09. The van der Waals surface area contributed by atoms with Crippen molar-refractivity contribution in [2.75, 3.05) is 13.2 Å². The first-order valence-corrected chi connectivity index (χ1v) is 11.8. The monoisotopic (exact) mass is 454 g/mol. The number of nitrogens with zero attached hydrogens (tertiary/aromatic N) is 4. The second-order valence-corrected chi connectivity index (χ2v) is 8.19. The van der Waals surface area contributed by atoms with E-state index < -0.39 is 0 Å². The molecule has 174 valence electrons. The van der Waals surface area contributed by atoms with Gasteiger partial charge in [0, 0.05) is 34.6 Å². The third kappa shape index (κ3) is 6.85. The van der Waals surface area contributed by atoms with Gasteiger partial charge < -0.3 is 9.47 Å². The zero-order chi connectivity index (χ0) is 23.6. The molecule has 34 heavy (non-hydrogen) atoms. The predicted octanol–water partition coefficient (Wildman–Crippen LogP) is 6.24. The van der Waals surface area contributed by atoms with Crippen LogP contribution in [0.5, 0.6) is 11.8 Å². The Morgan fingerprint density at radius 2 is 0.941 bits per heavy atom. The molecule has 0 aliphatic carbocycles. The minimum atomic E-state index is 0.628. The number of benzene rings is 2. The van der Waals surface area contributed by atoms with E-state index in [0.29, 0.717) is 36.6 Å². The second kappa shape index (κ2) is 11.9. The molecule has 0 aliphatic heterocycles. The van der Waals surface area contributed by atoms with Gasteiger partial charge in [-0.15, -0.1) is 0 Å². The van der Waals surface area contributed by atoms with Crippen LogP contribution in [0.1, 0.15) is 37.1 Å². The minimum absolute atomic E-state index is 0.628. The van der Waals surface area contributed by atoms with Gasteiger partial charge in [-0.3, -0.25) is 0 Å². The molecule has 0 spiro atoms. The summed E-state index contributed by atoms with van der Waals surface area (Å²) >= 11 is 0. The summed E-state index contributed by atoms with van der Waals surface area (Å²) in [5.74, 6) is 2.65. The molecule has 2 heterocycles. The van der Waals surface area contributed by atoms with Crippen LogP contribution in [0, 0.1) is 13.8 Å². The summed E-state index contributed by atoms with van der Waals surface area (Å²) in [5.41, 5.74) is 3.78. The van der Waals surface area contributed by atoms with E-state index in [4.69, 9.17) is 9.47 Å². The van der Waals surface area contributed by atoms with Gasteiger partial charge in [-0.25, -0.2) is 9.97 Å². The van der Waals surface area contributed by atoms with E-state index in [1.54, 1.807) is 0 Å². The molecular formula is C28H30N4O2. The van der Waals surface area contributed by atoms with Crippen LogP contribution in [-0.4, -0.2) is 33.1 Å². The van der Waals surface area contributed by atoms with Crippen molar-refractivity contribution in [3.05, 3.63) is 84.2 Å². The van der Waals surface area contributed by atoms with Gasteiger partial charge in [0.2, 0.25) is 11.8 Å². The van der Waals surface area contributed by atoms with Crippen molar-refractivity contribution in [2.45, 2.75) is 39.5 Å². The van der Waals surface area contributed by atoms with Crippen LogP contribution < -0.4 is 9.47 Å².